The molecule has 0 saturated heterocycles. The number of aryl methyl sites for hydroxylation is 1. The third kappa shape index (κ3) is 3.38. The highest BCUT2D eigenvalue weighted by atomic mass is 16.5. The van der Waals surface area contributed by atoms with Crippen LogP contribution in [0.5, 0.6) is 5.75 Å². The summed E-state index contributed by atoms with van der Waals surface area (Å²) in [7, 11) is 0. The lowest BCUT2D eigenvalue weighted by Crippen LogP contribution is -2.36. The zero-order valence-corrected chi connectivity index (χ0v) is 13.4. The van der Waals surface area contributed by atoms with E-state index in [2.05, 4.69) is 5.32 Å². The summed E-state index contributed by atoms with van der Waals surface area (Å²) in [6.07, 6.45) is 4.43. The zero-order chi connectivity index (χ0) is 16.2. The zero-order valence-electron chi connectivity index (χ0n) is 13.4. The standard InChI is InChI=1S/C18H22N2O3/c1-2-20-15-10-6-5-9-14(15)16(11-18(20)22)23-12-17(21)19-13-7-3-4-8-13/h5-6,9-11,13H,2-4,7-8,12H2,1H3,(H,19,21). The van der Waals surface area contributed by atoms with E-state index in [0.29, 0.717) is 12.3 Å². The average molecular weight is 314 g/mol. The number of pyridine rings is 1. The first-order valence-electron chi connectivity index (χ1n) is 8.24. The molecule has 1 fully saturated rings. The number of para-hydroxylation sites is 1. The largest absolute Gasteiger partial charge is 0.483 e. The molecule has 0 aliphatic heterocycles. The number of ether oxygens (including phenoxy) is 1. The Labute approximate surface area is 135 Å². The Kier molecular flexibility index (Phi) is 4.65. The maximum absolute atomic E-state index is 12.2. The Morgan fingerprint density at radius 3 is 2.78 bits per heavy atom. The number of benzene rings is 1. The minimum Gasteiger partial charge on any atom is -0.483 e. The molecule has 1 aromatic carbocycles. The highest BCUT2D eigenvalue weighted by Gasteiger charge is 2.17. The molecule has 0 unspecified atom stereocenters. The van der Waals surface area contributed by atoms with Crippen molar-refractivity contribution in [2.45, 2.75) is 45.2 Å². The quantitative estimate of drug-likeness (QED) is 0.922. The highest BCUT2D eigenvalue weighted by molar-refractivity contribution is 5.86. The summed E-state index contributed by atoms with van der Waals surface area (Å²) in [6.45, 7) is 2.47. The number of rotatable bonds is 5. The molecular weight excluding hydrogens is 292 g/mol. The van der Waals surface area contributed by atoms with Crippen LogP contribution in [0, 0.1) is 0 Å². The van der Waals surface area contributed by atoms with Crippen molar-refractivity contribution in [1.82, 2.24) is 9.88 Å². The monoisotopic (exact) mass is 314 g/mol. The van der Waals surface area contributed by atoms with E-state index in [9.17, 15) is 9.59 Å². The van der Waals surface area contributed by atoms with Crippen LogP contribution in [-0.2, 0) is 11.3 Å². The van der Waals surface area contributed by atoms with E-state index >= 15 is 0 Å². The van der Waals surface area contributed by atoms with Gasteiger partial charge < -0.3 is 14.6 Å². The van der Waals surface area contributed by atoms with Crippen molar-refractivity contribution in [2.24, 2.45) is 0 Å². The fourth-order valence-electron chi connectivity index (χ4n) is 3.23. The maximum Gasteiger partial charge on any atom is 0.258 e. The molecule has 1 aliphatic carbocycles. The van der Waals surface area contributed by atoms with Crippen LogP contribution in [0.15, 0.2) is 35.1 Å². The van der Waals surface area contributed by atoms with Crippen molar-refractivity contribution < 1.29 is 9.53 Å². The molecule has 0 bridgehead atoms. The number of fused-ring (bicyclic) bond motifs is 1. The van der Waals surface area contributed by atoms with Gasteiger partial charge in [-0.2, -0.15) is 0 Å². The predicted octanol–water partition coefficient (Wildman–Crippen LogP) is 2.46. The smallest absolute Gasteiger partial charge is 0.258 e. The number of hydrogen-bond donors (Lipinski definition) is 1. The molecule has 0 spiro atoms. The second-order valence-corrected chi connectivity index (χ2v) is 5.95. The molecule has 122 valence electrons. The Morgan fingerprint density at radius 2 is 2.04 bits per heavy atom. The number of amides is 1. The normalized spacial score (nSPS) is 15.0. The van der Waals surface area contributed by atoms with Crippen LogP contribution in [0.2, 0.25) is 0 Å². The second kappa shape index (κ2) is 6.86. The van der Waals surface area contributed by atoms with Gasteiger partial charge in [0, 0.05) is 24.0 Å². The van der Waals surface area contributed by atoms with Gasteiger partial charge in [-0.25, -0.2) is 0 Å². The number of carbonyl (C=O) groups is 1. The van der Waals surface area contributed by atoms with E-state index in [1.54, 1.807) is 4.57 Å². The van der Waals surface area contributed by atoms with Crippen LogP contribution in [0.25, 0.3) is 10.9 Å². The number of hydrogen-bond acceptors (Lipinski definition) is 3. The molecule has 1 heterocycles. The maximum atomic E-state index is 12.2. The molecule has 1 saturated carbocycles. The van der Waals surface area contributed by atoms with Crippen molar-refractivity contribution in [1.29, 1.82) is 0 Å². The van der Waals surface area contributed by atoms with E-state index in [0.717, 1.165) is 23.7 Å². The third-order valence-corrected chi connectivity index (χ3v) is 4.38. The summed E-state index contributed by atoms with van der Waals surface area (Å²) < 4.78 is 7.34. The minimum atomic E-state index is -0.124. The SMILES string of the molecule is CCn1c(=O)cc(OCC(=O)NC2CCCC2)c2ccccc21. The van der Waals surface area contributed by atoms with Gasteiger partial charge in [-0.1, -0.05) is 25.0 Å². The Balaban J connectivity index is 1.77. The third-order valence-electron chi connectivity index (χ3n) is 4.38. The van der Waals surface area contributed by atoms with Gasteiger partial charge in [-0.3, -0.25) is 9.59 Å². The Bertz CT molecular complexity index is 760. The van der Waals surface area contributed by atoms with Gasteiger partial charge in [0.15, 0.2) is 6.61 Å². The first-order chi connectivity index (χ1) is 11.2. The molecular formula is C18H22N2O3. The Morgan fingerprint density at radius 1 is 1.30 bits per heavy atom. The summed E-state index contributed by atoms with van der Waals surface area (Å²) in [5.74, 6) is 0.345. The summed E-state index contributed by atoms with van der Waals surface area (Å²) >= 11 is 0. The van der Waals surface area contributed by atoms with Gasteiger partial charge in [-0.05, 0) is 31.9 Å². The molecule has 1 N–H and O–H groups in total. The van der Waals surface area contributed by atoms with E-state index in [1.165, 1.54) is 18.9 Å². The lowest BCUT2D eigenvalue weighted by molar-refractivity contribution is -0.123. The minimum absolute atomic E-state index is 0.0595. The van der Waals surface area contributed by atoms with E-state index in [-0.39, 0.29) is 24.1 Å². The predicted molar refractivity (Wildman–Crippen MR) is 89.8 cm³/mol. The van der Waals surface area contributed by atoms with Crippen molar-refractivity contribution in [3.8, 4) is 5.75 Å². The molecule has 0 radical (unpaired) electrons. The van der Waals surface area contributed by atoms with Crippen LogP contribution >= 0.6 is 0 Å². The molecule has 5 nitrogen and oxygen atoms in total. The summed E-state index contributed by atoms with van der Waals surface area (Å²) in [4.78, 5) is 24.2. The van der Waals surface area contributed by atoms with Crippen LogP contribution in [-0.4, -0.2) is 23.1 Å². The van der Waals surface area contributed by atoms with E-state index in [4.69, 9.17) is 4.74 Å². The van der Waals surface area contributed by atoms with Crippen LogP contribution < -0.4 is 15.6 Å². The number of carbonyl (C=O) groups excluding carboxylic acids is 1. The number of nitrogens with one attached hydrogen (secondary N) is 1. The average Bonchev–Trinajstić information content (AvgIpc) is 3.05. The summed E-state index contributed by atoms with van der Waals surface area (Å²) in [6, 6.07) is 9.34. The van der Waals surface area contributed by atoms with Crippen molar-refractivity contribution in [3.05, 3.63) is 40.7 Å². The fraction of sp³-hybridized carbons (Fsp3) is 0.444. The topological polar surface area (TPSA) is 60.3 Å². The van der Waals surface area contributed by atoms with Gasteiger partial charge in [0.2, 0.25) is 0 Å². The second-order valence-electron chi connectivity index (χ2n) is 5.95. The van der Waals surface area contributed by atoms with Crippen LogP contribution in [0.1, 0.15) is 32.6 Å². The Hall–Kier alpha value is -2.30. The number of nitrogens with zero attached hydrogens (tertiary/aromatic N) is 1. The molecule has 1 amide bonds. The van der Waals surface area contributed by atoms with Gasteiger partial charge in [0.05, 0.1) is 5.52 Å². The first kappa shape index (κ1) is 15.6. The molecule has 5 heteroatoms. The van der Waals surface area contributed by atoms with Gasteiger partial charge in [0.1, 0.15) is 5.75 Å². The number of aromatic nitrogens is 1. The molecule has 2 aromatic rings. The fourth-order valence-corrected chi connectivity index (χ4v) is 3.23. The van der Waals surface area contributed by atoms with Crippen molar-refractivity contribution in [2.75, 3.05) is 6.61 Å². The van der Waals surface area contributed by atoms with Crippen LogP contribution in [0.3, 0.4) is 0 Å². The highest BCUT2D eigenvalue weighted by Crippen LogP contribution is 2.23. The molecule has 3 rings (SSSR count). The van der Waals surface area contributed by atoms with Gasteiger partial charge in [-0.15, -0.1) is 0 Å². The first-order valence-corrected chi connectivity index (χ1v) is 8.24. The van der Waals surface area contributed by atoms with Crippen molar-refractivity contribution in [3.63, 3.8) is 0 Å². The van der Waals surface area contributed by atoms with E-state index in [1.807, 2.05) is 31.2 Å². The molecule has 0 atom stereocenters. The molecule has 1 aromatic heterocycles. The van der Waals surface area contributed by atoms with Crippen LogP contribution in [0.4, 0.5) is 0 Å². The van der Waals surface area contributed by atoms with Crippen molar-refractivity contribution >= 4 is 16.8 Å². The lowest BCUT2D eigenvalue weighted by atomic mass is 10.2. The van der Waals surface area contributed by atoms with Gasteiger partial charge >= 0.3 is 0 Å². The van der Waals surface area contributed by atoms with Gasteiger partial charge in [0.25, 0.3) is 11.5 Å². The molecule has 23 heavy (non-hydrogen) atoms. The summed E-state index contributed by atoms with van der Waals surface area (Å²) in [5.41, 5.74) is 0.714. The summed E-state index contributed by atoms with van der Waals surface area (Å²) in [5, 5.41) is 3.84. The van der Waals surface area contributed by atoms with E-state index < -0.39 is 0 Å². The molecule has 1 aliphatic rings. The lowest BCUT2D eigenvalue weighted by Gasteiger charge is -2.15.